The van der Waals surface area contributed by atoms with Gasteiger partial charge in [0.15, 0.2) is 9.84 Å². The fraction of sp³-hybridized carbons (Fsp3) is 0.333. The van der Waals surface area contributed by atoms with Crippen LogP contribution in [0.5, 0.6) is 0 Å². The van der Waals surface area contributed by atoms with E-state index in [0.717, 1.165) is 11.1 Å². The molecule has 0 bridgehead atoms. The highest BCUT2D eigenvalue weighted by Gasteiger charge is 2.59. The van der Waals surface area contributed by atoms with Crippen molar-refractivity contribution >= 4 is 25.5 Å². The topological polar surface area (TPSA) is 128 Å². The van der Waals surface area contributed by atoms with Crippen LogP contribution in [-0.4, -0.2) is 49.2 Å². The Bertz CT molecular complexity index is 1550. The molecular weight excluding hydrogens is 529 g/mol. The zero-order chi connectivity index (χ0) is 27.2. The summed E-state index contributed by atoms with van der Waals surface area (Å²) in [5.74, 6) is -0.358. The van der Waals surface area contributed by atoms with E-state index in [0.29, 0.717) is 25.9 Å². The molecule has 11 heteroatoms. The van der Waals surface area contributed by atoms with E-state index in [2.05, 4.69) is 10.0 Å². The highest BCUT2D eigenvalue weighted by Crippen LogP contribution is 2.53. The van der Waals surface area contributed by atoms with Gasteiger partial charge in [0.25, 0.3) is 0 Å². The Kier molecular flexibility index (Phi) is 6.85. The van der Waals surface area contributed by atoms with Crippen LogP contribution in [0.2, 0.25) is 0 Å². The maximum atomic E-state index is 14.5. The molecule has 0 amide bonds. The van der Waals surface area contributed by atoms with Crippen LogP contribution < -0.4 is 15.8 Å². The SMILES string of the molecule is CNS(=O)(=O)c1cccc(C2(S(=O)(=O)c3ccc(-c4ccc(F)cc4)cc3)COC3(CCNCC3)C2)c1N. The summed E-state index contributed by atoms with van der Waals surface area (Å²) in [5, 5.41) is 3.28. The summed E-state index contributed by atoms with van der Waals surface area (Å²) in [4.78, 5) is -0.107. The lowest BCUT2D eigenvalue weighted by atomic mass is 9.82. The predicted octanol–water partition coefficient (Wildman–Crippen LogP) is 3.19. The number of anilines is 1. The molecule has 2 fully saturated rings. The molecule has 1 atom stereocenters. The summed E-state index contributed by atoms with van der Waals surface area (Å²) >= 11 is 0. The van der Waals surface area contributed by atoms with Crippen molar-refractivity contribution in [2.24, 2.45) is 0 Å². The molecule has 4 N–H and O–H groups in total. The molecule has 3 aromatic rings. The Morgan fingerprint density at radius 3 is 2.13 bits per heavy atom. The number of sulfone groups is 1. The van der Waals surface area contributed by atoms with E-state index in [9.17, 15) is 21.2 Å². The summed E-state index contributed by atoms with van der Waals surface area (Å²) in [6, 6.07) is 16.8. The number of para-hydroxylation sites is 1. The van der Waals surface area contributed by atoms with Crippen LogP contribution in [-0.2, 0) is 29.3 Å². The van der Waals surface area contributed by atoms with Crippen molar-refractivity contribution in [3.8, 4) is 11.1 Å². The summed E-state index contributed by atoms with van der Waals surface area (Å²) in [7, 11) is -6.79. The Hall–Kier alpha value is -2.83. The van der Waals surface area contributed by atoms with Crippen LogP contribution >= 0.6 is 0 Å². The zero-order valence-corrected chi connectivity index (χ0v) is 22.5. The Morgan fingerprint density at radius 1 is 0.921 bits per heavy atom. The minimum atomic E-state index is -4.13. The fourth-order valence-electron chi connectivity index (χ4n) is 5.57. The van der Waals surface area contributed by atoms with Crippen LogP contribution in [0.4, 0.5) is 10.1 Å². The maximum Gasteiger partial charge on any atom is 0.242 e. The van der Waals surface area contributed by atoms with Crippen molar-refractivity contribution in [3.63, 3.8) is 0 Å². The number of halogens is 1. The van der Waals surface area contributed by atoms with Crippen LogP contribution in [0, 0.1) is 5.82 Å². The average molecular weight is 560 g/mol. The third-order valence-corrected chi connectivity index (χ3v) is 11.6. The maximum absolute atomic E-state index is 14.5. The van der Waals surface area contributed by atoms with E-state index in [1.807, 2.05) is 0 Å². The number of ether oxygens (including phenoxy) is 1. The van der Waals surface area contributed by atoms with Crippen molar-refractivity contribution in [3.05, 3.63) is 78.1 Å². The number of hydrogen-bond donors (Lipinski definition) is 3. The van der Waals surface area contributed by atoms with E-state index in [4.69, 9.17) is 10.5 Å². The normalized spacial score (nSPS) is 21.5. The van der Waals surface area contributed by atoms with E-state index in [-0.39, 0.29) is 39.9 Å². The monoisotopic (exact) mass is 559 g/mol. The highest BCUT2D eigenvalue weighted by atomic mass is 32.2. The summed E-state index contributed by atoms with van der Waals surface area (Å²) < 4.78 is 74.7. The highest BCUT2D eigenvalue weighted by molar-refractivity contribution is 7.92. The molecule has 5 rings (SSSR count). The molecule has 8 nitrogen and oxygen atoms in total. The molecule has 0 radical (unpaired) electrons. The first kappa shape index (κ1) is 26.8. The van der Waals surface area contributed by atoms with Crippen molar-refractivity contribution < 1.29 is 26.0 Å². The van der Waals surface area contributed by atoms with Gasteiger partial charge in [0.05, 0.1) is 22.8 Å². The molecule has 0 aliphatic carbocycles. The quantitative estimate of drug-likeness (QED) is 0.396. The number of piperidine rings is 1. The van der Waals surface area contributed by atoms with Crippen LogP contribution in [0.1, 0.15) is 24.8 Å². The molecule has 2 aliphatic heterocycles. The lowest BCUT2D eigenvalue weighted by Gasteiger charge is -2.35. The average Bonchev–Trinajstić information content (AvgIpc) is 3.29. The number of nitrogens with one attached hydrogen (secondary N) is 2. The first-order valence-corrected chi connectivity index (χ1v) is 15.3. The molecule has 202 valence electrons. The van der Waals surface area contributed by atoms with Gasteiger partial charge >= 0.3 is 0 Å². The molecule has 2 saturated heterocycles. The molecule has 3 aromatic carbocycles. The van der Waals surface area contributed by atoms with Crippen LogP contribution in [0.25, 0.3) is 11.1 Å². The van der Waals surface area contributed by atoms with Crippen LogP contribution in [0.15, 0.2) is 76.5 Å². The van der Waals surface area contributed by atoms with E-state index in [1.54, 1.807) is 30.3 Å². The Labute approximate surface area is 222 Å². The Balaban J connectivity index is 1.64. The van der Waals surface area contributed by atoms with Gasteiger partial charge in [0.2, 0.25) is 10.0 Å². The van der Waals surface area contributed by atoms with Crippen molar-refractivity contribution in [2.45, 2.75) is 39.4 Å². The van der Waals surface area contributed by atoms with Gasteiger partial charge in [0, 0.05) is 12.0 Å². The second kappa shape index (κ2) is 9.73. The minimum absolute atomic E-state index is 0.0687. The second-order valence-corrected chi connectivity index (χ2v) is 14.0. The van der Waals surface area contributed by atoms with Crippen molar-refractivity contribution in [1.82, 2.24) is 10.0 Å². The predicted molar refractivity (Wildman–Crippen MR) is 143 cm³/mol. The largest absolute Gasteiger partial charge is 0.397 e. The number of benzene rings is 3. The molecule has 1 spiro atoms. The van der Waals surface area contributed by atoms with Gasteiger partial charge < -0.3 is 15.8 Å². The lowest BCUT2D eigenvalue weighted by Crippen LogP contribution is -2.44. The molecule has 0 saturated carbocycles. The van der Waals surface area contributed by atoms with E-state index in [1.165, 1.54) is 43.4 Å². The van der Waals surface area contributed by atoms with E-state index < -0.39 is 30.2 Å². The molecule has 2 aliphatic rings. The molecular formula is C27H30FN3O5S2. The number of rotatable bonds is 6. The zero-order valence-electron chi connectivity index (χ0n) is 20.9. The summed E-state index contributed by atoms with van der Waals surface area (Å²) in [6.45, 7) is 1.22. The minimum Gasteiger partial charge on any atom is -0.397 e. The molecule has 38 heavy (non-hydrogen) atoms. The molecule has 0 aromatic heterocycles. The molecule has 1 unspecified atom stereocenters. The van der Waals surface area contributed by atoms with Gasteiger partial charge in [-0.05, 0) is 74.4 Å². The van der Waals surface area contributed by atoms with E-state index >= 15 is 0 Å². The van der Waals surface area contributed by atoms with Gasteiger partial charge in [-0.2, -0.15) is 0 Å². The number of nitrogens with two attached hydrogens (primary N) is 1. The number of nitrogen functional groups attached to an aromatic ring is 1. The third kappa shape index (κ3) is 4.42. The van der Waals surface area contributed by atoms with Gasteiger partial charge in [0.1, 0.15) is 15.5 Å². The fourth-order valence-corrected chi connectivity index (χ4v) is 8.52. The van der Waals surface area contributed by atoms with Gasteiger partial charge in [-0.3, -0.25) is 0 Å². The van der Waals surface area contributed by atoms with Gasteiger partial charge in [-0.15, -0.1) is 0 Å². The summed E-state index contributed by atoms with van der Waals surface area (Å²) in [5.41, 5.74) is 7.35. The Morgan fingerprint density at radius 2 is 1.53 bits per heavy atom. The third-order valence-electron chi connectivity index (χ3n) is 7.71. The van der Waals surface area contributed by atoms with Crippen molar-refractivity contribution in [2.75, 3.05) is 32.5 Å². The first-order valence-electron chi connectivity index (χ1n) is 12.3. The standard InChI is InChI=1S/C27H30FN3O5S2/c1-30-38(34,35)24-4-2-3-23(25(24)29)27(17-26(36-18-27)13-15-31-16-14-26)37(32,33)22-11-7-20(8-12-22)19-5-9-21(28)10-6-19/h2-12,30-31H,13-18,29H2,1H3. The second-order valence-electron chi connectivity index (χ2n) is 9.85. The van der Waals surface area contributed by atoms with Crippen LogP contribution in [0.3, 0.4) is 0 Å². The summed E-state index contributed by atoms with van der Waals surface area (Å²) in [6.07, 6.45) is 1.40. The van der Waals surface area contributed by atoms with Gasteiger partial charge in [-0.25, -0.2) is 25.9 Å². The first-order chi connectivity index (χ1) is 18.0. The number of hydrogen-bond acceptors (Lipinski definition) is 7. The number of sulfonamides is 1. The smallest absolute Gasteiger partial charge is 0.242 e. The lowest BCUT2D eigenvalue weighted by molar-refractivity contribution is -0.0195. The molecule has 2 heterocycles. The van der Waals surface area contributed by atoms with Gasteiger partial charge in [-0.1, -0.05) is 36.4 Å². The van der Waals surface area contributed by atoms with Crippen molar-refractivity contribution in [1.29, 1.82) is 0 Å².